The summed E-state index contributed by atoms with van der Waals surface area (Å²) in [5.41, 5.74) is -0.471. The summed E-state index contributed by atoms with van der Waals surface area (Å²) < 4.78 is 11.5. The second kappa shape index (κ2) is 10.5. The number of hydrogen-bond donors (Lipinski definition) is 2. The molecule has 8 heteroatoms. The first kappa shape index (κ1) is 26.5. The molecule has 0 bridgehead atoms. The molecule has 178 valence electrons. The summed E-state index contributed by atoms with van der Waals surface area (Å²) in [5.74, 6) is -0.774. The van der Waals surface area contributed by atoms with Gasteiger partial charge in [0.1, 0.15) is 12.0 Å². The minimum Gasteiger partial charge on any atom is -0.463 e. The van der Waals surface area contributed by atoms with E-state index in [0.717, 1.165) is 18.5 Å². The van der Waals surface area contributed by atoms with Crippen LogP contribution >= 0.6 is 0 Å². The second-order valence-corrected chi connectivity index (χ2v) is 10.2. The van der Waals surface area contributed by atoms with Crippen LogP contribution in [0.1, 0.15) is 59.1 Å². The fraction of sp³-hybridized carbons (Fsp3) is 0.667. The average molecular weight is 447 g/mol. The molecule has 1 heterocycles. The number of ketones is 1. The number of methoxy groups -OCH3 is 1. The highest BCUT2D eigenvalue weighted by molar-refractivity contribution is 6.58. The molecular weight excluding hydrogens is 409 g/mol. The fourth-order valence-corrected chi connectivity index (χ4v) is 4.83. The SMILES string of the molecule is CO[C@]1(C)C[C@@H](C)CN(C)[C@H](c2ccc(B(O)O)cc2)COC(=O)C(C)(C)C(=O)[C@H](C)C1. The van der Waals surface area contributed by atoms with Gasteiger partial charge in [-0.1, -0.05) is 38.1 Å². The summed E-state index contributed by atoms with van der Waals surface area (Å²) >= 11 is 0. The lowest BCUT2D eigenvalue weighted by atomic mass is 9.76. The zero-order valence-corrected chi connectivity index (χ0v) is 20.4. The van der Waals surface area contributed by atoms with Crippen molar-refractivity contribution in [2.45, 2.75) is 59.1 Å². The number of Topliss-reactive ketones (excluding diaryl/α,β-unsaturated/α-hetero) is 1. The van der Waals surface area contributed by atoms with E-state index in [1.807, 2.05) is 33.0 Å². The summed E-state index contributed by atoms with van der Waals surface area (Å²) in [7, 11) is 2.11. The first-order valence-corrected chi connectivity index (χ1v) is 11.2. The normalized spacial score (nSPS) is 30.6. The van der Waals surface area contributed by atoms with Crippen LogP contribution in [0, 0.1) is 17.3 Å². The van der Waals surface area contributed by atoms with Gasteiger partial charge in [0.15, 0.2) is 5.78 Å². The second-order valence-electron chi connectivity index (χ2n) is 10.2. The topological polar surface area (TPSA) is 96.3 Å². The highest BCUT2D eigenvalue weighted by Gasteiger charge is 2.43. The first-order valence-electron chi connectivity index (χ1n) is 11.2. The Morgan fingerprint density at radius 2 is 1.69 bits per heavy atom. The van der Waals surface area contributed by atoms with E-state index in [0.29, 0.717) is 11.9 Å². The predicted molar refractivity (Wildman–Crippen MR) is 124 cm³/mol. The number of nitrogens with zero attached hydrogens (tertiary/aromatic N) is 1. The van der Waals surface area contributed by atoms with Crippen LogP contribution in [-0.2, 0) is 19.1 Å². The summed E-state index contributed by atoms with van der Waals surface area (Å²) in [6, 6.07) is 6.67. The zero-order chi connectivity index (χ0) is 24.3. The van der Waals surface area contributed by atoms with Crippen molar-refractivity contribution in [1.29, 1.82) is 0 Å². The van der Waals surface area contributed by atoms with Crippen LogP contribution < -0.4 is 5.46 Å². The van der Waals surface area contributed by atoms with Crippen LogP contribution in [0.3, 0.4) is 0 Å². The number of benzene rings is 1. The Hall–Kier alpha value is -1.74. The van der Waals surface area contributed by atoms with Gasteiger partial charge in [0.2, 0.25) is 0 Å². The fourth-order valence-electron chi connectivity index (χ4n) is 4.83. The number of rotatable bonds is 3. The van der Waals surface area contributed by atoms with Crippen molar-refractivity contribution in [1.82, 2.24) is 4.90 Å². The van der Waals surface area contributed by atoms with E-state index in [4.69, 9.17) is 9.47 Å². The molecule has 1 aromatic rings. The van der Waals surface area contributed by atoms with Gasteiger partial charge in [0.25, 0.3) is 0 Å². The minimum atomic E-state index is -1.54. The summed E-state index contributed by atoms with van der Waals surface area (Å²) in [4.78, 5) is 28.3. The van der Waals surface area contributed by atoms with E-state index in [-0.39, 0.29) is 30.3 Å². The van der Waals surface area contributed by atoms with Gasteiger partial charge in [0.05, 0.1) is 11.6 Å². The molecule has 1 fully saturated rings. The van der Waals surface area contributed by atoms with E-state index in [1.54, 1.807) is 33.1 Å². The van der Waals surface area contributed by atoms with E-state index in [2.05, 4.69) is 11.8 Å². The van der Waals surface area contributed by atoms with Crippen molar-refractivity contribution in [3.05, 3.63) is 29.8 Å². The summed E-state index contributed by atoms with van der Waals surface area (Å²) in [5, 5.41) is 18.8. The predicted octanol–water partition coefficient (Wildman–Crippen LogP) is 1.95. The molecule has 2 N–H and O–H groups in total. The van der Waals surface area contributed by atoms with Gasteiger partial charge < -0.3 is 19.5 Å². The molecule has 0 amide bonds. The molecule has 1 aliphatic heterocycles. The van der Waals surface area contributed by atoms with Gasteiger partial charge in [-0.2, -0.15) is 0 Å². The van der Waals surface area contributed by atoms with E-state index < -0.39 is 24.1 Å². The van der Waals surface area contributed by atoms with Gasteiger partial charge in [-0.3, -0.25) is 14.5 Å². The Kier molecular flexibility index (Phi) is 8.67. The third-order valence-electron chi connectivity index (χ3n) is 6.71. The maximum Gasteiger partial charge on any atom is 0.488 e. The molecular formula is C24H38BNO6. The molecule has 0 saturated carbocycles. The van der Waals surface area contributed by atoms with Gasteiger partial charge in [-0.25, -0.2) is 0 Å². The Bertz CT molecular complexity index is 796. The van der Waals surface area contributed by atoms with Crippen molar-refractivity contribution < 1.29 is 29.1 Å². The molecule has 1 saturated heterocycles. The van der Waals surface area contributed by atoms with Crippen LogP contribution in [0.5, 0.6) is 0 Å². The van der Waals surface area contributed by atoms with E-state index in [1.165, 1.54) is 0 Å². The van der Waals surface area contributed by atoms with Crippen LogP contribution in [0.4, 0.5) is 0 Å². The largest absolute Gasteiger partial charge is 0.488 e. The molecule has 0 aliphatic carbocycles. The number of carbonyl (C=O) groups excluding carboxylic acids is 2. The van der Waals surface area contributed by atoms with Gasteiger partial charge >= 0.3 is 13.1 Å². The molecule has 32 heavy (non-hydrogen) atoms. The summed E-state index contributed by atoms with van der Waals surface area (Å²) in [6.07, 6.45) is 1.30. The van der Waals surface area contributed by atoms with Crippen molar-refractivity contribution in [2.24, 2.45) is 17.3 Å². The van der Waals surface area contributed by atoms with E-state index in [9.17, 15) is 19.6 Å². The van der Waals surface area contributed by atoms with E-state index >= 15 is 0 Å². The van der Waals surface area contributed by atoms with Crippen molar-refractivity contribution >= 4 is 24.3 Å². The Morgan fingerprint density at radius 1 is 1.09 bits per heavy atom. The van der Waals surface area contributed by atoms with Crippen molar-refractivity contribution in [3.8, 4) is 0 Å². The average Bonchev–Trinajstić information content (AvgIpc) is 2.72. The van der Waals surface area contributed by atoms with Crippen LogP contribution in [0.15, 0.2) is 24.3 Å². The molecule has 0 unspecified atom stereocenters. The Balaban J connectivity index is 2.41. The zero-order valence-electron chi connectivity index (χ0n) is 20.4. The Morgan fingerprint density at radius 3 is 2.22 bits per heavy atom. The van der Waals surface area contributed by atoms with Crippen LogP contribution in [-0.4, -0.2) is 66.7 Å². The molecule has 0 spiro atoms. The van der Waals surface area contributed by atoms with Gasteiger partial charge in [0, 0.05) is 19.6 Å². The number of cyclic esters (lactones) is 1. The number of carbonyl (C=O) groups is 2. The lowest BCUT2D eigenvalue weighted by Gasteiger charge is -2.36. The number of hydrogen-bond acceptors (Lipinski definition) is 7. The standard InChI is InChI=1S/C24H38BNO6/c1-16-12-24(5,31-7)13-17(2)21(27)23(3,4)22(28)32-15-20(26(6)14-16)18-8-10-19(11-9-18)25(29)30/h8-11,16-17,20,29-30H,12-15H2,1-7H3/t16-,17-,20+,24-/m1/s1. The third kappa shape index (κ3) is 6.19. The molecule has 2 rings (SSSR count). The van der Waals surface area contributed by atoms with Gasteiger partial charge in [-0.15, -0.1) is 0 Å². The molecule has 0 radical (unpaired) electrons. The quantitative estimate of drug-likeness (QED) is 0.415. The third-order valence-corrected chi connectivity index (χ3v) is 6.71. The van der Waals surface area contributed by atoms with Crippen molar-refractivity contribution in [2.75, 3.05) is 27.3 Å². The molecule has 7 nitrogen and oxygen atoms in total. The molecule has 0 aromatic heterocycles. The molecule has 1 aromatic carbocycles. The highest BCUT2D eigenvalue weighted by atomic mass is 16.5. The lowest BCUT2D eigenvalue weighted by Crippen LogP contribution is -2.42. The number of ether oxygens (including phenoxy) is 2. The maximum atomic E-state index is 13.2. The monoisotopic (exact) mass is 447 g/mol. The maximum absolute atomic E-state index is 13.2. The van der Waals surface area contributed by atoms with Crippen LogP contribution in [0.2, 0.25) is 0 Å². The smallest absolute Gasteiger partial charge is 0.463 e. The molecule has 1 aliphatic rings. The summed E-state index contributed by atoms with van der Waals surface area (Å²) in [6.45, 7) is 10.1. The number of esters is 1. The first-order chi connectivity index (χ1) is 14.8. The minimum absolute atomic E-state index is 0.0930. The van der Waals surface area contributed by atoms with Gasteiger partial charge in [-0.05, 0) is 57.6 Å². The highest BCUT2D eigenvalue weighted by Crippen LogP contribution is 2.34. The van der Waals surface area contributed by atoms with Crippen LogP contribution in [0.25, 0.3) is 0 Å². The van der Waals surface area contributed by atoms with Crippen molar-refractivity contribution in [3.63, 3.8) is 0 Å². The molecule has 4 atom stereocenters. The Labute approximate surface area is 192 Å². The lowest BCUT2D eigenvalue weighted by molar-refractivity contribution is -0.161. The number of likely N-dealkylation sites (N-methyl/N-ethyl adjacent to an activating group) is 1.